The molecule has 0 spiro atoms. The molecule has 0 aliphatic carbocycles. The van der Waals surface area contributed by atoms with Gasteiger partial charge in [-0.15, -0.1) is 0 Å². The third-order valence-corrected chi connectivity index (χ3v) is 3.76. The van der Waals surface area contributed by atoms with Crippen LogP contribution in [0.2, 0.25) is 0 Å². The van der Waals surface area contributed by atoms with E-state index in [1.54, 1.807) is 25.1 Å². The van der Waals surface area contributed by atoms with Gasteiger partial charge in [0.1, 0.15) is 0 Å². The maximum atomic E-state index is 12.2. The minimum absolute atomic E-state index is 0.377. The van der Waals surface area contributed by atoms with Crippen LogP contribution >= 0.6 is 0 Å². The summed E-state index contributed by atoms with van der Waals surface area (Å²) >= 11 is 0. The molecule has 108 valence electrons. The summed E-state index contributed by atoms with van der Waals surface area (Å²) in [7, 11) is 1.53. The highest BCUT2D eigenvalue weighted by Crippen LogP contribution is 2.36. The van der Waals surface area contributed by atoms with Crippen LogP contribution in [0.25, 0.3) is 21.7 Å². The van der Waals surface area contributed by atoms with Crippen LogP contribution in [0.4, 0.5) is 0 Å². The van der Waals surface area contributed by atoms with Crippen LogP contribution in [0.5, 0.6) is 5.75 Å². The van der Waals surface area contributed by atoms with Gasteiger partial charge in [0.2, 0.25) is 0 Å². The summed E-state index contributed by atoms with van der Waals surface area (Å²) in [4.78, 5) is 12.2. The summed E-state index contributed by atoms with van der Waals surface area (Å²) in [6.45, 7) is 3.63. The molecule has 0 bridgehead atoms. The fourth-order valence-electron chi connectivity index (χ4n) is 2.76. The van der Waals surface area contributed by atoms with Crippen molar-refractivity contribution in [2.24, 2.45) is 0 Å². The first-order chi connectivity index (χ1) is 10.0. The third-order valence-electron chi connectivity index (χ3n) is 3.76. The van der Waals surface area contributed by atoms with Crippen molar-refractivity contribution in [2.75, 3.05) is 7.11 Å². The van der Waals surface area contributed by atoms with E-state index in [1.807, 2.05) is 19.1 Å². The number of aliphatic hydroxyl groups excluding tert-OH is 1. The van der Waals surface area contributed by atoms with E-state index in [0.29, 0.717) is 22.3 Å². The fourth-order valence-corrected chi connectivity index (χ4v) is 2.76. The molecule has 0 unspecified atom stereocenters. The smallest absolute Gasteiger partial charge is 0.344 e. The molecule has 1 aromatic heterocycles. The highest BCUT2D eigenvalue weighted by atomic mass is 16.5. The summed E-state index contributed by atoms with van der Waals surface area (Å²) in [5, 5.41) is 12.1. The van der Waals surface area contributed by atoms with Crippen molar-refractivity contribution in [1.82, 2.24) is 0 Å². The van der Waals surface area contributed by atoms with Crippen molar-refractivity contribution in [3.8, 4) is 5.75 Å². The largest absolute Gasteiger partial charge is 0.493 e. The molecular weight excluding hydrogens is 268 g/mol. The minimum Gasteiger partial charge on any atom is -0.493 e. The first-order valence-electron chi connectivity index (χ1n) is 6.75. The Hall–Kier alpha value is -2.33. The van der Waals surface area contributed by atoms with Gasteiger partial charge in [0.05, 0.1) is 18.6 Å². The number of ether oxygens (including phenoxy) is 1. The SMILES string of the molecule is COc1ccc([C@@H](C)O)c2c1oc(=O)c1cccc(C)c12. The Bertz CT molecular complexity index is 891. The molecule has 0 amide bonds. The molecule has 1 heterocycles. The normalized spacial score (nSPS) is 12.8. The molecule has 0 saturated heterocycles. The predicted octanol–water partition coefficient (Wildman–Crippen LogP) is 3.32. The fraction of sp³-hybridized carbons (Fsp3) is 0.235. The van der Waals surface area contributed by atoms with Crippen LogP contribution < -0.4 is 10.4 Å². The van der Waals surface area contributed by atoms with E-state index in [9.17, 15) is 9.90 Å². The second-order valence-electron chi connectivity index (χ2n) is 5.12. The standard InChI is InChI=1S/C17H16O4/c1-9-5-4-6-12-14(9)15-11(10(2)18)7-8-13(20-3)16(15)21-17(12)19/h4-8,10,18H,1-3H3/t10-/m1/s1. The van der Waals surface area contributed by atoms with Gasteiger partial charge >= 0.3 is 5.63 Å². The molecule has 0 saturated carbocycles. The summed E-state index contributed by atoms with van der Waals surface area (Å²) in [5.74, 6) is 0.483. The molecular formula is C17H16O4. The second-order valence-corrected chi connectivity index (χ2v) is 5.12. The van der Waals surface area contributed by atoms with E-state index in [1.165, 1.54) is 7.11 Å². The number of benzene rings is 2. The highest BCUT2D eigenvalue weighted by Gasteiger charge is 2.18. The summed E-state index contributed by atoms with van der Waals surface area (Å²) in [6, 6.07) is 9.00. The lowest BCUT2D eigenvalue weighted by Crippen LogP contribution is -2.04. The average Bonchev–Trinajstić information content (AvgIpc) is 2.46. The first kappa shape index (κ1) is 13.6. The molecule has 0 aliphatic rings. The van der Waals surface area contributed by atoms with Crippen molar-refractivity contribution in [1.29, 1.82) is 0 Å². The summed E-state index contributed by atoms with van der Waals surface area (Å²) < 4.78 is 10.7. The molecule has 0 fully saturated rings. The minimum atomic E-state index is -0.672. The maximum absolute atomic E-state index is 12.2. The number of aryl methyl sites for hydroxylation is 1. The Labute approximate surface area is 121 Å². The van der Waals surface area contributed by atoms with Gasteiger partial charge in [0.25, 0.3) is 0 Å². The van der Waals surface area contributed by atoms with Gasteiger partial charge in [0, 0.05) is 10.8 Å². The zero-order chi connectivity index (χ0) is 15.1. The van der Waals surface area contributed by atoms with Crippen molar-refractivity contribution in [3.63, 3.8) is 0 Å². The van der Waals surface area contributed by atoms with Crippen LogP contribution in [0.15, 0.2) is 39.5 Å². The Kier molecular flexibility index (Phi) is 3.18. The molecule has 3 rings (SSSR count). The van der Waals surface area contributed by atoms with Crippen LogP contribution in [-0.4, -0.2) is 12.2 Å². The third kappa shape index (κ3) is 1.99. The molecule has 3 aromatic rings. The number of fused-ring (bicyclic) bond motifs is 3. The average molecular weight is 284 g/mol. The number of hydrogen-bond acceptors (Lipinski definition) is 4. The number of rotatable bonds is 2. The highest BCUT2D eigenvalue weighted by molar-refractivity contribution is 6.09. The maximum Gasteiger partial charge on any atom is 0.344 e. The van der Waals surface area contributed by atoms with Gasteiger partial charge in [-0.25, -0.2) is 4.79 Å². The molecule has 4 heteroatoms. The summed E-state index contributed by atoms with van der Waals surface area (Å²) in [6.07, 6.45) is -0.672. The number of methoxy groups -OCH3 is 1. The first-order valence-corrected chi connectivity index (χ1v) is 6.75. The number of aliphatic hydroxyl groups is 1. The zero-order valence-corrected chi connectivity index (χ0v) is 12.1. The Balaban J connectivity index is 2.68. The molecule has 1 atom stereocenters. The van der Waals surface area contributed by atoms with Crippen molar-refractivity contribution >= 4 is 21.7 Å². The molecule has 4 nitrogen and oxygen atoms in total. The van der Waals surface area contributed by atoms with Crippen LogP contribution in [0, 0.1) is 6.92 Å². The molecule has 0 radical (unpaired) electrons. The van der Waals surface area contributed by atoms with E-state index in [2.05, 4.69) is 0 Å². The van der Waals surface area contributed by atoms with Crippen molar-refractivity contribution in [3.05, 3.63) is 51.9 Å². The van der Waals surface area contributed by atoms with E-state index in [-0.39, 0.29) is 0 Å². The quantitative estimate of drug-likeness (QED) is 0.579. The lowest BCUT2D eigenvalue weighted by atomic mass is 9.96. The van der Waals surface area contributed by atoms with Gasteiger partial charge in [-0.2, -0.15) is 0 Å². The van der Waals surface area contributed by atoms with Gasteiger partial charge in [-0.1, -0.05) is 18.2 Å². The zero-order valence-electron chi connectivity index (χ0n) is 12.1. The van der Waals surface area contributed by atoms with Gasteiger partial charge < -0.3 is 14.3 Å². The van der Waals surface area contributed by atoms with E-state index < -0.39 is 11.7 Å². The number of hydrogen-bond donors (Lipinski definition) is 1. The van der Waals surface area contributed by atoms with Crippen LogP contribution in [-0.2, 0) is 0 Å². The monoisotopic (exact) mass is 284 g/mol. The van der Waals surface area contributed by atoms with Crippen molar-refractivity contribution in [2.45, 2.75) is 20.0 Å². The predicted molar refractivity (Wildman–Crippen MR) is 81.9 cm³/mol. The van der Waals surface area contributed by atoms with Gasteiger partial charge in [-0.05, 0) is 37.1 Å². The Morgan fingerprint density at radius 1 is 1.19 bits per heavy atom. The Morgan fingerprint density at radius 2 is 1.95 bits per heavy atom. The van der Waals surface area contributed by atoms with Crippen LogP contribution in [0.1, 0.15) is 24.2 Å². The van der Waals surface area contributed by atoms with Crippen LogP contribution in [0.3, 0.4) is 0 Å². The molecule has 0 aliphatic heterocycles. The van der Waals surface area contributed by atoms with Crippen molar-refractivity contribution < 1.29 is 14.3 Å². The van der Waals surface area contributed by atoms with E-state index in [0.717, 1.165) is 16.3 Å². The molecule has 21 heavy (non-hydrogen) atoms. The second kappa shape index (κ2) is 4.90. The van der Waals surface area contributed by atoms with Gasteiger partial charge in [-0.3, -0.25) is 0 Å². The molecule has 1 N–H and O–H groups in total. The lowest BCUT2D eigenvalue weighted by Gasteiger charge is -2.14. The van der Waals surface area contributed by atoms with E-state index >= 15 is 0 Å². The lowest BCUT2D eigenvalue weighted by molar-refractivity contribution is 0.201. The summed E-state index contributed by atoms with van der Waals surface area (Å²) in [5.41, 5.74) is 1.65. The van der Waals surface area contributed by atoms with Gasteiger partial charge in [0.15, 0.2) is 11.3 Å². The molecule has 2 aromatic carbocycles. The Morgan fingerprint density at radius 3 is 2.62 bits per heavy atom. The topological polar surface area (TPSA) is 59.7 Å². The van der Waals surface area contributed by atoms with E-state index in [4.69, 9.17) is 9.15 Å².